The largest absolute Gasteiger partial charge is 0.458 e. The summed E-state index contributed by atoms with van der Waals surface area (Å²) in [5, 5.41) is 20.4. The van der Waals surface area contributed by atoms with Gasteiger partial charge in [0.2, 0.25) is 0 Å². The van der Waals surface area contributed by atoms with Crippen LogP contribution in [0.2, 0.25) is 0 Å². The monoisotopic (exact) mass is 725 g/mol. The highest BCUT2D eigenvalue weighted by atomic mass is 16.5. The van der Waals surface area contributed by atoms with E-state index < -0.39 is 12.1 Å². The summed E-state index contributed by atoms with van der Waals surface area (Å²) >= 11 is 0. The van der Waals surface area contributed by atoms with E-state index in [1.165, 1.54) is 17.2 Å². The Bertz CT molecular complexity index is 1590. The number of aliphatic hydroxyl groups excluding tert-OH is 2. The molecule has 5 heteroatoms. The highest BCUT2D eigenvalue weighted by Crippen LogP contribution is 2.43. The summed E-state index contributed by atoms with van der Waals surface area (Å²) in [6.07, 6.45) is 35.0. The van der Waals surface area contributed by atoms with Gasteiger partial charge in [-0.15, -0.1) is 0 Å². The van der Waals surface area contributed by atoms with Crippen LogP contribution in [0.3, 0.4) is 0 Å². The minimum Gasteiger partial charge on any atom is -0.458 e. The molecule has 2 rings (SSSR count). The van der Waals surface area contributed by atoms with Gasteiger partial charge < -0.3 is 14.9 Å². The van der Waals surface area contributed by atoms with E-state index in [0.717, 1.165) is 54.4 Å². The fourth-order valence-electron chi connectivity index (χ4n) is 7.27. The van der Waals surface area contributed by atoms with Crippen molar-refractivity contribution in [2.75, 3.05) is 6.61 Å². The van der Waals surface area contributed by atoms with Crippen molar-refractivity contribution in [3.8, 4) is 0 Å². The number of ketones is 1. The van der Waals surface area contributed by atoms with Gasteiger partial charge in [-0.2, -0.15) is 0 Å². The summed E-state index contributed by atoms with van der Waals surface area (Å²) in [5.74, 6) is -0.214. The van der Waals surface area contributed by atoms with Crippen molar-refractivity contribution in [3.05, 3.63) is 130 Å². The van der Waals surface area contributed by atoms with Gasteiger partial charge in [0.15, 0.2) is 5.78 Å². The summed E-state index contributed by atoms with van der Waals surface area (Å²) in [6, 6.07) is 0. The molecule has 0 spiro atoms. The van der Waals surface area contributed by atoms with Gasteiger partial charge in [0, 0.05) is 24.0 Å². The van der Waals surface area contributed by atoms with Gasteiger partial charge in [0.05, 0.1) is 12.2 Å². The normalized spacial score (nSPS) is 23.3. The second-order valence-electron chi connectivity index (χ2n) is 16.3. The van der Waals surface area contributed by atoms with Gasteiger partial charge in [-0.25, -0.2) is 4.79 Å². The Morgan fingerprint density at radius 3 is 2.04 bits per heavy atom. The maximum Gasteiger partial charge on any atom is 0.330 e. The summed E-state index contributed by atoms with van der Waals surface area (Å²) in [5.41, 5.74) is 6.81. The molecule has 0 radical (unpaired) electrons. The fourth-order valence-corrected chi connectivity index (χ4v) is 7.27. The molecule has 0 bridgehead atoms. The van der Waals surface area contributed by atoms with Crippen molar-refractivity contribution in [3.63, 3.8) is 0 Å². The molecule has 2 N–H and O–H groups in total. The molecular formula is C48H68O5. The van der Waals surface area contributed by atoms with Crippen LogP contribution in [-0.2, 0) is 14.3 Å². The van der Waals surface area contributed by atoms with Crippen molar-refractivity contribution < 1.29 is 24.5 Å². The minimum atomic E-state index is -0.447. The second kappa shape index (κ2) is 22.4. The van der Waals surface area contributed by atoms with Crippen LogP contribution in [0.25, 0.3) is 0 Å². The molecule has 0 fully saturated rings. The molecule has 5 nitrogen and oxygen atoms in total. The number of hydrogen-bond acceptors (Lipinski definition) is 5. The topological polar surface area (TPSA) is 83.8 Å². The van der Waals surface area contributed by atoms with E-state index in [2.05, 4.69) is 91.8 Å². The molecule has 0 aliphatic heterocycles. The van der Waals surface area contributed by atoms with Gasteiger partial charge in [0.1, 0.15) is 6.61 Å². The molecule has 0 saturated carbocycles. The number of carbonyl (C=O) groups excluding carboxylic acids is 2. The quantitative estimate of drug-likeness (QED) is 0.0483. The van der Waals surface area contributed by atoms with Crippen LogP contribution >= 0.6 is 0 Å². The molecule has 0 aromatic heterocycles. The molecule has 0 aromatic rings. The third-order valence-corrected chi connectivity index (χ3v) is 10.2. The summed E-state index contributed by atoms with van der Waals surface area (Å²) in [7, 11) is 0. The number of carbonyl (C=O) groups is 2. The number of hydrogen-bond donors (Lipinski definition) is 2. The van der Waals surface area contributed by atoms with E-state index in [1.807, 2.05) is 56.4 Å². The van der Waals surface area contributed by atoms with Crippen LogP contribution in [0.15, 0.2) is 130 Å². The molecule has 2 aliphatic carbocycles. The van der Waals surface area contributed by atoms with Crippen LogP contribution in [0.4, 0.5) is 0 Å². The Morgan fingerprint density at radius 2 is 1.43 bits per heavy atom. The van der Waals surface area contributed by atoms with Gasteiger partial charge >= 0.3 is 5.97 Å². The third kappa shape index (κ3) is 16.8. The Balaban J connectivity index is 2.08. The van der Waals surface area contributed by atoms with Gasteiger partial charge in [0.25, 0.3) is 0 Å². The first kappa shape index (κ1) is 45.4. The number of allylic oxidation sites excluding steroid dienone is 18. The second-order valence-corrected chi connectivity index (χ2v) is 16.3. The predicted octanol–water partition coefficient (Wildman–Crippen LogP) is 11.5. The Kier molecular flexibility index (Phi) is 19.2. The zero-order valence-electron chi connectivity index (χ0n) is 34.4. The number of unbranched alkanes of at least 4 members (excludes halogenated alkanes) is 3. The number of rotatable bonds is 18. The Hall–Kier alpha value is -3.80. The molecule has 0 amide bonds. The lowest BCUT2D eigenvalue weighted by molar-refractivity contribution is -0.137. The van der Waals surface area contributed by atoms with Crippen LogP contribution in [0, 0.1) is 16.7 Å². The first-order valence-electron chi connectivity index (χ1n) is 19.5. The molecule has 290 valence electrons. The molecule has 2 aliphatic rings. The van der Waals surface area contributed by atoms with E-state index >= 15 is 0 Å². The predicted molar refractivity (Wildman–Crippen MR) is 223 cm³/mol. The van der Waals surface area contributed by atoms with Crippen molar-refractivity contribution in [1.82, 2.24) is 0 Å². The zero-order chi connectivity index (χ0) is 39.6. The SMILES string of the molecule is CCCCCC=CC(=O)OCC(=CC=CC(C)=CC=CC=C(C)C=CC=C(C)C=CC1C(C)=CC(O)CC1(C)C)C(=O)CC1=C(C)CC(O)CC1(C)C. The van der Waals surface area contributed by atoms with Crippen LogP contribution < -0.4 is 0 Å². The van der Waals surface area contributed by atoms with E-state index in [4.69, 9.17) is 4.74 Å². The molecule has 3 atom stereocenters. The van der Waals surface area contributed by atoms with E-state index in [-0.39, 0.29) is 35.7 Å². The maximum absolute atomic E-state index is 13.6. The first-order valence-corrected chi connectivity index (χ1v) is 19.5. The smallest absolute Gasteiger partial charge is 0.330 e. The lowest BCUT2D eigenvalue weighted by Crippen LogP contribution is -2.32. The summed E-state index contributed by atoms with van der Waals surface area (Å²) in [4.78, 5) is 26.0. The Morgan fingerprint density at radius 1 is 0.830 bits per heavy atom. The molecule has 53 heavy (non-hydrogen) atoms. The van der Waals surface area contributed by atoms with Gasteiger partial charge in [-0.05, 0) is 77.6 Å². The van der Waals surface area contributed by atoms with E-state index in [1.54, 1.807) is 6.08 Å². The van der Waals surface area contributed by atoms with Crippen molar-refractivity contribution in [2.45, 2.75) is 133 Å². The standard InChI is InChI=1S/C48H68O5/c1-11-12-13-14-15-26-46(52)53-34-40(45(51)31-44-39(6)30-42(50)33-48(44,9)10)25-19-24-36(3)21-17-16-20-35(2)22-18-23-37(4)27-28-43-38(5)29-41(49)32-47(43,7)8/h15-29,41-43,49-50H,11-14,30-34H2,1-10H3. The highest BCUT2D eigenvalue weighted by Gasteiger charge is 2.35. The number of aliphatic hydroxyl groups is 2. The molecule has 0 heterocycles. The van der Waals surface area contributed by atoms with E-state index in [9.17, 15) is 19.8 Å². The van der Waals surface area contributed by atoms with E-state index in [0.29, 0.717) is 24.3 Å². The fraction of sp³-hybridized carbons (Fsp3) is 0.500. The number of Topliss-reactive ketones (excluding diaryl/α,β-unsaturated/α-hetero) is 1. The van der Waals surface area contributed by atoms with Gasteiger partial charge in [-0.1, -0.05) is 166 Å². The maximum atomic E-state index is 13.6. The minimum absolute atomic E-state index is 0.0228. The highest BCUT2D eigenvalue weighted by molar-refractivity contribution is 5.98. The zero-order valence-corrected chi connectivity index (χ0v) is 34.4. The number of ether oxygens (including phenoxy) is 1. The lowest BCUT2D eigenvalue weighted by Gasteiger charge is -2.38. The van der Waals surface area contributed by atoms with Crippen LogP contribution in [0.1, 0.15) is 121 Å². The molecule has 0 saturated heterocycles. The van der Waals surface area contributed by atoms with Crippen LogP contribution in [-0.4, -0.2) is 40.8 Å². The average molecular weight is 725 g/mol. The average Bonchev–Trinajstić information content (AvgIpc) is 3.05. The molecule has 3 unspecified atom stereocenters. The van der Waals surface area contributed by atoms with Gasteiger partial charge in [-0.3, -0.25) is 4.79 Å². The molecular weight excluding hydrogens is 657 g/mol. The number of esters is 1. The Labute approximate surface area is 321 Å². The first-order chi connectivity index (χ1) is 24.9. The van der Waals surface area contributed by atoms with Crippen molar-refractivity contribution in [1.29, 1.82) is 0 Å². The summed E-state index contributed by atoms with van der Waals surface area (Å²) in [6.45, 7) is 20.9. The van der Waals surface area contributed by atoms with Crippen molar-refractivity contribution in [2.24, 2.45) is 16.7 Å². The van der Waals surface area contributed by atoms with Crippen LogP contribution in [0.5, 0.6) is 0 Å². The van der Waals surface area contributed by atoms with Crippen molar-refractivity contribution >= 4 is 11.8 Å². The molecule has 0 aromatic carbocycles. The third-order valence-electron chi connectivity index (χ3n) is 10.2. The lowest BCUT2D eigenvalue weighted by atomic mass is 9.67. The summed E-state index contributed by atoms with van der Waals surface area (Å²) < 4.78 is 5.51.